The molecule has 2 nitrogen and oxygen atoms in total. The second kappa shape index (κ2) is 5.13. The van der Waals surface area contributed by atoms with Crippen molar-refractivity contribution in [3.8, 4) is 0 Å². The summed E-state index contributed by atoms with van der Waals surface area (Å²) in [5.41, 5.74) is 0.784. The molecule has 1 heterocycles. The highest BCUT2D eigenvalue weighted by molar-refractivity contribution is 5.05. The number of hydrogen-bond acceptors (Lipinski definition) is 2. The molecule has 3 rings (SSSR count). The van der Waals surface area contributed by atoms with E-state index in [1.807, 2.05) is 0 Å². The highest BCUT2D eigenvalue weighted by atomic mass is 15.2. The first-order valence-corrected chi connectivity index (χ1v) is 8.14. The minimum absolute atomic E-state index is 0.738. The normalized spacial score (nSPS) is 32.5. The third-order valence-corrected chi connectivity index (χ3v) is 5.19. The highest BCUT2D eigenvalue weighted by Crippen LogP contribution is 2.61. The van der Waals surface area contributed by atoms with Gasteiger partial charge in [-0.3, -0.25) is 0 Å². The molecule has 3 aliphatic rings. The monoisotopic (exact) mass is 250 g/mol. The predicted molar refractivity (Wildman–Crippen MR) is 76.7 cm³/mol. The molecule has 1 saturated heterocycles. The second-order valence-corrected chi connectivity index (χ2v) is 7.51. The Morgan fingerprint density at radius 1 is 1.28 bits per heavy atom. The molecular weight excluding hydrogens is 220 g/mol. The lowest BCUT2D eigenvalue weighted by molar-refractivity contribution is 0.195. The van der Waals surface area contributed by atoms with Crippen LogP contribution in [0.1, 0.15) is 52.4 Å². The van der Waals surface area contributed by atoms with E-state index in [4.69, 9.17) is 0 Å². The minimum atomic E-state index is 0.738. The van der Waals surface area contributed by atoms with Crippen LogP contribution in [0.2, 0.25) is 0 Å². The molecule has 0 bridgehead atoms. The van der Waals surface area contributed by atoms with Crippen molar-refractivity contribution in [2.75, 3.05) is 26.2 Å². The van der Waals surface area contributed by atoms with E-state index in [1.165, 1.54) is 64.7 Å². The smallest absolute Gasteiger partial charge is 0.0197 e. The molecule has 0 aromatic rings. The summed E-state index contributed by atoms with van der Waals surface area (Å²) in [7, 11) is 0. The fraction of sp³-hybridized carbons (Fsp3) is 1.00. The van der Waals surface area contributed by atoms with Crippen LogP contribution in [0.15, 0.2) is 0 Å². The SMILES string of the molecule is CC(C)CC1CN(CC2(C3CC3)CC2)CCCN1. The van der Waals surface area contributed by atoms with E-state index in [2.05, 4.69) is 24.1 Å². The van der Waals surface area contributed by atoms with Crippen LogP contribution in [0.3, 0.4) is 0 Å². The van der Waals surface area contributed by atoms with Crippen molar-refractivity contribution in [2.45, 2.75) is 58.4 Å². The Morgan fingerprint density at radius 2 is 2.06 bits per heavy atom. The van der Waals surface area contributed by atoms with E-state index < -0.39 is 0 Å². The van der Waals surface area contributed by atoms with E-state index in [1.54, 1.807) is 0 Å². The van der Waals surface area contributed by atoms with Gasteiger partial charge in [0, 0.05) is 19.1 Å². The fourth-order valence-corrected chi connectivity index (χ4v) is 3.94. The van der Waals surface area contributed by atoms with Gasteiger partial charge in [0.25, 0.3) is 0 Å². The van der Waals surface area contributed by atoms with Gasteiger partial charge in [-0.15, -0.1) is 0 Å². The van der Waals surface area contributed by atoms with Crippen molar-refractivity contribution >= 4 is 0 Å². The summed E-state index contributed by atoms with van der Waals surface area (Å²) in [6.45, 7) is 9.97. The van der Waals surface area contributed by atoms with Crippen molar-refractivity contribution in [3.63, 3.8) is 0 Å². The summed E-state index contributed by atoms with van der Waals surface area (Å²) in [5.74, 6) is 1.93. The molecule has 0 spiro atoms. The first-order valence-electron chi connectivity index (χ1n) is 8.14. The minimum Gasteiger partial charge on any atom is -0.313 e. The van der Waals surface area contributed by atoms with E-state index in [9.17, 15) is 0 Å². The average molecular weight is 250 g/mol. The maximum absolute atomic E-state index is 3.75. The van der Waals surface area contributed by atoms with Crippen molar-refractivity contribution in [1.82, 2.24) is 10.2 Å². The molecule has 1 N–H and O–H groups in total. The topological polar surface area (TPSA) is 15.3 Å². The molecule has 0 amide bonds. The van der Waals surface area contributed by atoms with Crippen LogP contribution >= 0.6 is 0 Å². The quantitative estimate of drug-likeness (QED) is 0.807. The predicted octanol–water partition coefficient (Wildman–Crippen LogP) is 2.89. The van der Waals surface area contributed by atoms with E-state index in [-0.39, 0.29) is 0 Å². The largest absolute Gasteiger partial charge is 0.313 e. The Balaban J connectivity index is 1.54. The van der Waals surface area contributed by atoms with Crippen molar-refractivity contribution in [3.05, 3.63) is 0 Å². The number of hydrogen-bond donors (Lipinski definition) is 1. The van der Waals surface area contributed by atoms with E-state index in [0.29, 0.717) is 0 Å². The van der Waals surface area contributed by atoms with Crippen LogP contribution in [-0.4, -0.2) is 37.1 Å². The lowest BCUT2D eigenvalue weighted by atomic mass is 9.98. The molecule has 0 radical (unpaired) electrons. The third-order valence-electron chi connectivity index (χ3n) is 5.19. The molecule has 2 aliphatic carbocycles. The van der Waals surface area contributed by atoms with Gasteiger partial charge in [-0.2, -0.15) is 0 Å². The molecule has 3 fully saturated rings. The molecule has 2 saturated carbocycles. The zero-order valence-corrected chi connectivity index (χ0v) is 12.3. The van der Waals surface area contributed by atoms with Crippen molar-refractivity contribution in [2.24, 2.45) is 17.3 Å². The maximum atomic E-state index is 3.75. The highest BCUT2D eigenvalue weighted by Gasteiger charge is 2.54. The molecule has 1 aliphatic heterocycles. The van der Waals surface area contributed by atoms with Crippen LogP contribution in [0.4, 0.5) is 0 Å². The fourth-order valence-electron chi connectivity index (χ4n) is 3.94. The van der Waals surface area contributed by atoms with Crippen molar-refractivity contribution in [1.29, 1.82) is 0 Å². The molecular formula is C16H30N2. The number of nitrogens with one attached hydrogen (secondary N) is 1. The summed E-state index contributed by atoms with van der Waals surface area (Å²) in [6, 6.07) is 0.738. The standard InChI is InChI=1S/C16H30N2/c1-13(2)10-15-11-18(9-3-8-17-15)12-16(6-7-16)14-4-5-14/h13-15,17H,3-12H2,1-2H3. The molecule has 1 atom stereocenters. The third kappa shape index (κ3) is 3.08. The zero-order valence-electron chi connectivity index (χ0n) is 12.3. The first kappa shape index (κ1) is 12.9. The van der Waals surface area contributed by atoms with Gasteiger partial charge in [0.15, 0.2) is 0 Å². The van der Waals surface area contributed by atoms with Gasteiger partial charge < -0.3 is 10.2 Å². The van der Waals surface area contributed by atoms with E-state index in [0.717, 1.165) is 23.3 Å². The van der Waals surface area contributed by atoms with Gasteiger partial charge in [-0.1, -0.05) is 13.8 Å². The van der Waals surface area contributed by atoms with Crippen LogP contribution in [-0.2, 0) is 0 Å². The Kier molecular flexibility index (Phi) is 3.68. The van der Waals surface area contributed by atoms with Gasteiger partial charge in [0.05, 0.1) is 0 Å². The Bertz CT molecular complexity index is 279. The lowest BCUT2D eigenvalue weighted by Crippen LogP contribution is -2.41. The molecule has 104 valence electrons. The van der Waals surface area contributed by atoms with Crippen molar-refractivity contribution < 1.29 is 0 Å². The van der Waals surface area contributed by atoms with Gasteiger partial charge >= 0.3 is 0 Å². The zero-order chi connectivity index (χ0) is 12.6. The molecule has 2 heteroatoms. The molecule has 1 unspecified atom stereocenters. The number of nitrogens with zero attached hydrogens (tertiary/aromatic N) is 1. The summed E-state index contributed by atoms with van der Waals surface area (Å²) < 4.78 is 0. The Hall–Kier alpha value is -0.0800. The van der Waals surface area contributed by atoms with Gasteiger partial charge in [-0.05, 0) is 68.9 Å². The molecule has 0 aromatic carbocycles. The second-order valence-electron chi connectivity index (χ2n) is 7.51. The Labute approximate surface area is 113 Å². The first-order chi connectivity index (χ1) is 8.68. The summed E-state index contributed by atoms with van der Waals surface area (Å²) in [4.78, 5) is 2.79. The van der Waals surface area contributed by atoms with Crippen LogP contribution in [0.5, 0.6) is 0 Å². The van der Waals surface area contributed by atoms with Crippen LogP contribution < -0.4 is 5.32 Å². The van der Waals surface area contributed by atoms with E-state index >= 15 is 0 Å². The maximum Gasteiger partial charge on any atom is 0.0197 e. The van der Waals surface area contributed by atoms with Crippen LogP contribution in [0, 0.1) is 17.3 Å². The number of rotatable bonds is 5. The van der Waals surface area contributed by atoms with Gasteiger partial charge in [0.1, 0.15) is 0 Å². The average Bonchev–Trinajstić information content (AvgIpc) is 3.15. The molecule has 0 aromatic heterocycles. The summed E-state index contributed by atoms with van der Waals surface area (Å²) in [5, 5.41) is 3.75. The lowest BCUT2D eigenvalue weighted by Gasteiger charge is -2.29. The Morgan fingerprint density at radius 3 is 2.67 bits per heavy atom. The summed E-state index contributed by atoms with van der Waals surface area (Å²) in [6.07, 6.45) is 8.79. The summed E-state index contributed by atoms with van der Waals surface area (Å²) >= 11 is 0. The van der Waals surface area contributed by atoms with Crippen LogP contribution in [0.25, 0.3) is 0 Å². The molecule has 18 heavy (non-hydrogen) atoms. The van der Waals surface area contributed by atoms with Gasteiger partial charge in [0.2, 0.25) is 0 Å². The van der Waals surface area contributed by atoms with Gasteiger partial charge in [-0.25, -0.2) is 0 Å².